The Morgan fingerprint density at radius 3 is 2.70 bits per heavy atom. The van der Waals surface area contributed by atoms with Gasteiger partial charge in [0.2, 0.25) is 0 Å². The van der Waals surface area contributed by atoms with E-state index >= 15 is 0 Å². The highest BCUT2D eigenvalue weighted by Gasteiger charge is 2.18. The van der Waals surface area contributed by atoms with E-state index in [-0.39, 0.29) is 0 Å². The van der Waals surface area contributed by atoms with E-state index in [1.807, 2.05) is 30.3 Å². The Balaban J connectivity index is 1.98. The Morgan fingerprint density at radius 2 is 2.00 bits per heavy atom. The molecule has 0 bridgehead atoms. The third kappa shape index (κ3) is 2.66. The van der Waals surface area contributed by atoms with Crippen molar-refractivity contribution in [1.29, 1.82) is 0 Å². The van der Waals surface area contributed by atoms with Crippen molar-refractivity contribution in [2.45, 2.75) is 0 Å². The van der Waals surface area contributed by atoms with Crippen molar-refractivity contribution in [2.24, 2.45) is 5.16 Å². The molecule has 20 heavy (non-hydrogen) atoms. The van der Waals surface area contributed by atoms with Crippen molar-refractivity contribution < 1.29 is 9.94 Å². The largest absolute Gasteiger partial charge is 0.411 e. The fraction of sp³-hybridized carbons (Fsp3) is 0.286. The number of nitrogens with zero attached hydrogens (tertiary/aromatic N) is 3. The van der Waals surface area contributed by atoms with Crippen LogP contribution in [0.1, 0.15) is 4.88 Å². The van der Waals surface area contributed by atoms with Gasteiger partial charge in [0, 0.05) is 18.7 Å². The minimum absolute atomic E-state index is 0.726. The van der Waals surface area contributed by atoms with E-state index < -0.39 is 0 Å². The van der Waals surface area contributed by atoms with Crippen LogP contribution in [0, 0.1) is 0 Å². The number of rotatable bonds is 3. The predicted octanol–water partition coefficient (Wildman–Crippen LogP) is 2.45. The Morgan fingerprint density at radius 1 is 1.25 bits per heavy atom. The molecule has 2 aromatic rings. The van der Waals surface area contributed by atoms with Gasteiger partial charge in [0.05, 0.1) is 30.0 Å². The normalized spacial score (nSPS) is 15.9. The highest BCUT2D eigenvalue weighted by Crippen LogP contribution is 2.32. The molecule has 104 valence electrons. The first-order valence-electron chi connectivity index (χ1n) is 6.45. The topological polar surface area (TPSA) is 58.0 Å². The van der Waals surface area contributed by atoms with Crippen LogP contribution in [0.2, 0.25) is 0 Å². The molecule has 0 aliphatic carbocycles. The molecular formula is C14H15N3O2S. The molecule has 1 aromatic heterocycles. The zero-order chi connectivity index (χ0) is 13.8. The van der Waals surface area contributed by atoms with Gasteiger partial charge >= 0.3 is 0 Å². The predicted molar refractivity (Wildman–Crippen MR) is 80.0 cm³/mol. The number of hydrogen-bond donors (Lipinski definition) is 1. The number of aromatic nitrogens is 1. The van der Waals surface area contributed by atoms with E-state index in [4.69, 9.17) is 14.9 Å². The van der Waals surface area contributed by atoms with Gasteiger partial charge in [-0.1, -0.05) is 46.8 Å². The summed E-state index contributed by atoms with van der Waals surface area (Å²) in [6.45, 7) is 3.14. The molecule has 2 heterocycles. The number of hydrogen-bond acceptors (Lipinski definition) is 6. The lowest BCUT2D eigenvalue weighted by Gasteiger charge is -2.26. The van der Waals surface area contributed by atoms with Crippen LogP contribution in [-0.2, 0) is 4.74 Å². The second kappa shape index (κ2) is 6.02. The summed E-state index contributed by atoms with van der Waals surface area (Å²) in [7, 11) is 0. The Bertz CT molecular complexity index is 592. The van der Waals surface area contributed by atoms with E-state index in [1.54, 1.807) is 0 Å². The lowest BCUT2D eigenvalue weighted by molar-refractivity contribution is 0.122. The lowest BCUT2D eigenvalue weighted by Crippen LogP contribution is -2.36. The van der Waals surface area contributed by atoms with Crippen molar-refractivity contribution in [3.63, 3.8) is 0 Å². The average Bonchev–Trinajstić information content (AvgIpc) is 2.94. The summed E-state index contributed by atoms with van der Waals surface area (Å²) in [5, 5.41) is 12.9. The van der Waals surface area contributed by atoms with E-state index in [1.165, 1.54) is 17.6 Å². The van der Waals surface area contributed by atoms with Gasteiger partial charge in [0.25, 0.3) is 0 Å². The maximum atomic E-state index is 8.83. The molecule has 0 radical (unpaired) electrons. The van der Waals surface area contributed by atoms with Gasteiger partial charge in [0.1, 0.15) is 0 Å². The maximum Gasteiger partial charge on any atom is 0.186 e. The molecule has 5 nitrogen and oxygen atoms in total. The Hall–Kier alpha value is -1.92. The van der Waals surface area contributed by atoms with E-state index in [2.05, 4.69) is 10.1 Å². The van der Waals surface area contributed by atoms with Gasteiger partial charge in [-0.05, 0) is 0 Å². The molecular weight excluding hydrogens is 274 g/mol. The summed E-state index contributed by atoms with van der Waals surface area (Å²) >= 11 is 1.54. The standard InChI is InChI=1S/C14H15N3O2S/c18-15-10-12-13(11-4-2-1-3-5-11)16-14(20-12)17-6-8-19-9-7-17/h1-5,10,18H,6-9H2/b15-10+. The van der Waals surface area contributed by atoms with Crippen LogP contribution in [0.4, 0.5) is 5.13 Å². The van der Waals surface area contributed by atoms with Gasteiger partial charge in [-0.2, -0.15) is 0 Å². The molecule has 6 heteroatoms. The number of oxime groups is 1. The molecule has 1 aliphatic rings. The fourth-order valence-corrected chi connectivity index (χ4v) is 3.16. The number of ether oxygens (including phenoxy) is 1. The first kappa shape index (κ1) is 13.1. The smallest absolute Gasteiger partial charge is 0.186 e. The van der Waals surface area contributed by atoms with Crippen LogP contribution in [0.3, 0.4) is 0 Å². The van der Waals surface area contributed by atoms with Crippen LogP contribution in [-0.4, -0.2) is 42.7 Å². The molecule has 0 spiro atoms. The van der Waals surface area contributed by atoms with Crippen LogP contribution < -0.4 is 4.90 Å². The highest BCUT2D eigenvalue weighted by atomic mass is 32.1. The number of anilines is 1. The summed E-state index contributed by atoms with van der Waals surface area (Å²) in [6.07, 6.45) is 1.45. The van der Waals surface area contributed by atoms with Gasteiger partial charge in [-0.3, -0.25) is 0 Å². The molecule has 1 N–H and O–H groups in total. The minimum Gasteiger partial charge on any atom is -0.411 e. The minimum atomic E-state index is 0.726. The summed E-state index contributed by atoms with van der Waals surface area (Å²) < 4.78 is 5.36. The number of morpholine rings is 1. The molecule has 1 aliphatic heterocycles. The third-order valence-electron chi connectivity index (χ3n) is 3.15. The molecule has 1 saturated heterocycles. The molecule has 0 unspecified atom stereocenters. The van der Waals surface area contributed by atoms with E-state index in [0.717, 1.165) is 47.6 Å². The van der Waals surface area contributed by atoms with Crippen LogP contribution in [0.5, 0.6) is 0 Å². The summed E-state index contributed by atoms with van der Waals surface area (Å²) in [5.74, 6) is 0. The number of thiazole rings is 1. The molecule has 1 aromatic carbocycles. The number of benzene rings is 1. The van der Waals surface area contributed by atoms with Crippen LogP contribution >= 0.6 is 11.3 Å². The average molecular weight is 289 g/mol. The lowest BCUT2D eigenvalue weighted by atomic mass is 10.1. The van der Waals surface area contributed by atoms with Gasteiger partial charge in [0.15, 0.2) is 5.13 Å². The van der Waals surface area contributed by atoms with Crippen molar-refractivity contribution in [1.82, 2.24) is 4.98 Å². The van der Waals surface area contributed by atoms with Crippen molar-refractivity contribution in [2.75, 3.05) is 31.2 Å². The third-order valence-corrected chi connectivity index (χ3v) is 4.20. The zero-order valence-electron chi connectivity index (χ0n) is 10.9. The fourth-order valence-electron chi connectivity index (χ4n) is 2.15. The van der Waals surface area contributed by atoms with Crippen LogP contribution in [0.25, 0.3) is 11.3 Å². The van der Waals surface area contributed by atoms with Crippen LogP contribution in [0.15, 0.2) is 35.5 Å². The Labute approximate surface area is 121 Å². The Kier molecular flexibility index (Phi) is 3.94. The maximum absolute atomic E-state index is 8.83. The second-order valence-corrected chi connectivity index (χ2v) is 5.43. The molecule has 3 rings (SSSR count). The molecule has 0 amide bonds. The summed E-state index contributed by atoms with van der Waals surface area (Å²) in [4.78, 5) is 7.77. The highest BCUT2D eigenvalue weighted by molar-refractivity contribution is 7.17. The first-order valence-corrected chi connectivity index (χ1v) is 7.26. The van der Waals surface area contributed by atoms with Crippen molar-refractivity contribution >= 4 is 22.7 Å². The summed E-state index contributed by atoms with van der Waals surface area (Å²) in [5.41, 5.74) is 1.88. The summed E-state index contributed by atoms with van der Waals surface area (Å²) in [6, 6.07) is 9.93. The zero-order valence-corrected chi connectivity index (χ0v) is 11.7. The monoisotopic (exact) mass is 289 g/mol. The van der Waals surface area contributed by atoms with Crippen molar-refractivity contribution in [3.8, 4) is 11.3 Å². The van der Waals surface area contributed by atoms with Gasteiger partial charge < -0.3 is 14.8 Å². The molecule has 1 fully saturated rings. The van der Waals surface area contributed by atoms with Crippen molar-refractivity contribution in [3.05, 3.63) is 35.2 Å². The quantitative estimate of drug-likeness (QED) is 0.536. The first-order chi connectivity index (χ1) is 9.88. The molecule has 0 saturated carbocycles. The second-order valence-electron chi connectivity index (χ2n) is 4.42. The van der Waals surface area contributed by atoms with E-state index in [0.29, 0.717) is 0 Å². The van der Waals surface area contributed by atoms with Gasteiger partial charge in [-0.15, -0.1) is 0 Å². The van der Waals surface area contributed by atoms with E-state index in [9.17, 15) is 0 Å². The SMILES string of the molecule is O/N=C/c1sc(N2CCOCC2)nc1-c1ccccc1. The van der Waals surface area contributed by atoms with Gasteiger partial charge in [-0.25, -0.2) is 4.98 Å². The molecule has 0 atom stereocenters.